The van der Waals surface area contributed by atoms with E-state index in [9.17, 15) is 9.59 Å². The van der Waals surface area contributed by atoms with E-state index >= 15 is 0 Å². The van der Waals surface area contributed by atoms with Gasteiger partial charge < -0.3 is 19.3 Å². The summed E-state index contributed by atoms with van der Waals surface area (Å²) in [5.41, 5.74) is 4.76. The van der Waals surface area contributed by atoms with Gasteiger partial charge in [0.25, 0.3) is 0 Å². The fourth-order valence-electron chi connectivity index (χ4n) is 9.53. The zero-order chi connectivity index (χ0) is 37.5. The molecular formula is C43H60N6O4. The van der Waals surface area contributed by atoms with Gasteiger partial charge in [-0.3, -0.25) is 14.4 Å². The van der Waals surface area contributed by atoms with E-state index in [4.69, 9.17) is 14.5 Å². The summed E-state index contributed by atoms with van der Waals surface area (Å²) < 4.78 is 13.6. The molecule has 53 heavy (non-hydrogen) atoms. The molecule has 4 saturated carbocycles. The molecule has 2 bridgehead atoms. The van der Waals surface area contributed by atoms with Gasteiger partial charge in [-0.05, 0) is 158 Å². The Labute approximate surface area is 316 Å². The number of hydrogen-bond acceptors (Lipinski definition) is 7. The maximum Gasteiger partial charge on any atom is 0.410 e. The van der Waals surface area contributed by atoms with Gasteiger partial charge in [-0.2, -0.15) is 5.10 Å². The lowest BCUT2D eigenvalue weighted by Crippen LogP contribution is -2.52. The Hall–Kier alpha value is -3.92. The van der Waals surface area contributed by atoms with Crippen LogP contribution in [0.2, 0.25) is 0 Å². The molecule has 3 aromatic rings. The first kappa shape index (κ1) is 37.4. The quantitative estimate of drug-likeness (QED) is 0.221. The van der Waals surface area contributed by atoms with Crippen molar-refractivity contribution in [2.75, 3.05) is 45.7 Å². The van der Waals surface area contributed by atoms with Crippen molar-refractivity contribution in [2.24, 2.45) is 11.3 Å². The predicted octanol–water partition coefficient (Wildman–Crippen LogP) is 7.97. The first-order chi connectivity index (χ1) is 25.3. The van der Waals surface area contributed by atoms with Crippen molar-refractivity contribution in [1.29, 1.82) is 0 Å². The molecule has 0 radical (unpaired) electrons. The number of nitrogens with zero attached hydrogens (tertiary/aromatic N) is 6. The SMILES string of the molecule is COc1ccc(C23CCC(CN(c4cc(-c5cnn(C(C)(C)C)c5)ccn4)C(=O)[C@H]4CC[C@H](OC(=O)N5CCC(N(C)C)C5)CC4)(CC2)CC3)cc1C. The molecule has 1 atom stereocenters. The number of fused-ring (bicyclic) bond motifs is 3. The second-order valence-corrected chi connectivity index (χ2v) is 17.8. The Morgan fingerprint density at radius 1 is 0.943 bits per heavy atom. The fourth-order valence-corrected chi connectivity index (χ4v) is 9.53. The standard InChI is InChI=1S/C43H60N6O4/c1-30-24-34(10-13-37(30)52-7)43-19-16-42(17-20-43,18-21-43)29-48(38-25-32(14-22-44-38)33-26-45-49(27-33)41(2,3)4)39(50)31-8-11-36(12-9-31)53-40(51)47-23-15-35(28-47)46(5)6/h10,13-14,22,24-27,31,35-36H,8-9,11-12,15-21,23,28-29H2,1-7H3/t31-,35?,36-,42?,43?. The number of rotatable bonds is 9. The summed E-state index contributed by atoms with van der Waals surface area (Å²) in [5.74, 6) is 1.68. The molecule has 8 rings (SSSR count). The van der Waals surface area contributed by atoms with Crippen molar-refractivity contribution in [1.82, 2.24) is 24.6 Å². The van der Waals surface area contributed by atoms with E-state index in [0.717, 1.165) is 74.2 Å². The molecule has 1 aromatic carbocycles. The summed E-state index contributed by atoms with van der Waals surface area (Å²) >= 11 is 0. The van der Waals surface area contributed by atoms with Gasteiger partial charge >= 0.3 is 6.09 Å². The molecule has 0 N–H and O–H groups in total. The van der Waals surface area contributed by atoms with Crippen molar-refractivity contribution in [3.63, 3.8) is 0 Å². The smallest absolute Gasteiger partial charge is 0.410 e. The molecule has 5 aliphatic rings. The maximum absolute atomic E-state index is 14.8. The number of benzene rings is 1. The van der Waals surface area contributed by atoms with Crippen LogP contribution in [0.3, 0.4) is 0 Å². The zero-order valence-corrected chi connectivity index (χ0v) is 33.1. The molecule has 1 unspecified atom stereocenters. The van der Waals surface area contributed by atoms with Crippen LogP contribution in [0.5, 0.6) is 5.75 Å². The molecule has 0 spiro atoms. The highest BCUT2D eigenvalue weighted by Crippen LogP contribution is 2.58. The fraction of sp³-hybridized carbons (Fsp3) is 0.628. The lowest BCUT2D eigenvalue weighted by atomic mass is 9.51. The number of aromatic nitrogens is 3. The van der Waals surface area contributed by atoms with Crippen molar-refractivity contribution < 1.29 is 19.1 Å². The third-order valence-corrected chi connectivity index (χ3v) is 13.2. The number of methoxy groups -OCH3 is 1. The molecule has 5 fully saturated rings. The number of hydrogen-bond donors (Lipinski definition) is 0. The lowest BCUT2D eigenvalue weighted by Gasteiger charge is -2.55. The van der Waals surface area contributed by atoms with Crippen LogP contribution in [0, 0.1) is 18.3 Å². The van der Waals surface area contributed by atoms with Gasteiger partial charge in [-0.15, -0.1) is 0 Å². The first-order valence-corrected chi connectivity index (χ1v) is 19.9. The number of likely N-dealkylation sites (tertiary alicyclic amines) is 1. The minimum atomic E-state index is -0.212. The summed E-state index contributed by atoms with van der Waals surface area (Å²) in [5, 5.41) is 4.65. The monoisotopic (exact) mass is 724 g/mol. The van der Waals surface area contributed by atoms with E-state index in [-0.39, 0.29) is 40.4 Å². The van der Waals surface area contributed by atoms with E-state index in [1.165, 1.54) is 11.1 Å². The second kappa shape index (κ2) is 14.7. The lowest BCUT2D eigenvalue weighted by molar-refractivity contribution is -0.124. The summed E-state index contributed by atoms with van der Waals surface area (Å²) in [6.45, 7) is 10.7. The van der Waals surface area contributed by atoms with E-state index in [1.807, 2.05) is 32.9 Å². The van der Waals surface area contributed by atoms with Crippen molar-refractivity contribution in [2.45, 2.75) is 121 Å². The molecule has 4 aliphatic carbocycles. The van der Waals surface area contributed by atoms with Crippen LogP contribution in [-0.2, 0) is 20.5 Å². The number of pyridine rings is 1. The van der Waals surface area contributed by atoms with Crippen molar-refractivity contribution in [3.05, 3.63) is 60.0 Å². The summed E-state index contributed by atoms with van der Waals surface area (Å²) in [6.07, 6.45) is 15.9. The van der Waals surface area contributed by atoms with Gasteiger partial charge in [0.15, 0.2) is 0 Å². The molecule has 3 heterocycles. The highest BCUT2D eigenvalue weighted by molar-refractivity contribution is 5.95. The molecule has 1 saturated heterocycles. The van der Waals surface area contributed by atoms with Crippen LogP contribution in [0.15, 0.2) is 48.9 Å². The van der Waals surface area contributed by atoms with E-state index in [1.54, 1.807) is 7.11 Å². The van der Waals surface area contributed by atoms with Crippen LogP contribution >= 0.6 is 0 Å². The van der Waals surface area contributed by atoms with Gasteiger partial charge in [-0.1, -0.05) is 12.1 Å². The minimum Gasteiger partial charge on any atom is -0.496 e. The Bertz CT molecular complexity index is 1760. The van der Waals surface area contributed by atoms with Crippen LogP contribution in [0.1, 0.15) is 103 Å². The van der Waals surface area contributed by atoms with Gasteiger partial charge in [0.2, 0.25) is 5.91 Å². The molecule has 10 heteroatoms. The maximum atomic E-state index is 14.8. The van der Waals surface area contributed by atoms with E-state index in [0.29, 0.717) is 44.8 Å². The average molecular weight is 725 g/mol. The van der Waals surface area contributed by atoms with E-state index < -0.39 is 0 Å². The topological polar surface area (TPSA) is 93.0 Å². The van der Waals surface area contributed by atoms with E-state index in [2.05, 4.69) is 82.3 Å². The van der Waals surface area contributed by atoms with Gasteiger partial charge in [0, 0.05) is 49.6 Å². The molecule has 10 nitrogen and oxygen atoms in total. The van der Waals surface area contributed by atoms with Gasteiger partial charge in [0.05, 0.1) is 18.8 Å². The molecule has 1 aliphatic heterocycles. The number of anilines is 1. The third kappa shape index (κ3) is 7.71. The summed E-state index contributed by atoms with van der Waals surface area (Å²) in [4.78, 5) is 38.7. The Kier molecular flexibility index (Phi) is 10.4. The highest BCUT2D eigenvalue weighted by Gasteiger charge is 2.51. The number of carbonyl (C=O) groups is 2. The van der Waals surface area contributed by atoms with Crippen LogP contribution in [-0.4, -0.2) is 89.5 Å². The number of aryl methyl sites for hydroxylation is 1. The summed E-state index contributed by atoms with van der Waals surface area (Å²) in [7, 11) is 5.86. The molecule has 2 aromatic heterocycles. The summed E-state index contributed by atoms with van der Waals surface area (Å²) in [6, 6.07) is 11.2. The third-order valence-electron chi connectivity index (χ3n) is 13.2. The van der Waals surface area contributed by atoms with Crippen LogP contribution in [0.4, 0.5) is 10.6 Å². The Morgan fingerprint density at radius 2 is 1.66 bits per heavy atom. The largest absolute Gasteiger partial charge is 0.496 e. The average Bonchev–Trinajstić information content (AvgIpc) is 3.87. The first-order valence-electron chi connectivity index (χ1n) is 19.9. The molecular weight excluding hydrogens is 665 g/mol. The molecule has 286 valence electrons. The number of likely N-dealkylation sites (N-methyl/N-ethyl adjacent to an activating group) is 1. The second-order valence-electron chi connectivity index (χ2n) is 17.8. The minimum absolute atomic E-state index is 0.0562. The van der Waals surface area contributed by atoms with Crippen molar-refractivity contribution in [3.8, 4) is 16.9 Å². The number of ether oxygens (including phenoxy) is 2. The highest BCUT2D eigenvalue weighted by atomic mass is 16.6. The van der Waals surface area contributed by atoms with Gasteiger partial charge in [0.1, 0.15) is 17.7 Å². The number of amides is 2. The Balaban J connectivity index is 1.08. The van der Waals surface area contributed by atoms with Gasteiger partial charge in [-0.25, -0.2) is 9.78 Å². The Morgan fingerprint density at radius 3 is 2.26 bits per heavy atom. The van der Waals surface area contributed by atoms with Crippen molar-refractivity contribution >= 4 is 17.8 Å². The molecule has 2 amide bonds. The zero-order valence-electron chi connectivity index (χ0n) is 33.1. The van der Waals surface area contributed by atoms with Crippen LogP contribution < -0.4 is 9.64 Å². The normalized spacial score (nSPS) is 27.2. The number of carbonyl (C=O) groups excluding carboxylic acids is 2. The van der Waals surface area contributed by atoms with Crippen LogP contribution in [0.25, 0.3) is 11.1 Å². The predicted molar refractivity (Wildman–Crippen MR) is 208 cm³/mol.